The molecule has 2 aliphatic rings. The number of benzene rings is 3. The molecule has 0 saturated carbocycles. The van der Waals surface area contributed by atoms with Crippen LogP contribution in [0.15, 0.2) is 71.7 Å². The molecule has 0 spiro atoms. The Kier molecular flexibility index (Phi) is 10.0. The van der Waals surface area contributed by atoms with Crippen LogP contribution in [0.2, 0.25) is 10.0 Å². The van der Waals surface area contributed by atoms with E-state index in [1.54, 1.807) is 58.1 Å². The van der Waals surface area contributed by atoms with Crippen LogP contribution >= 0.6 is 23.2 Å². The number of halogens is 2. The van der Waals surface area contributed by atoms with E-state index in [0.717, 1.165) is 11.1 Å². The van der Waals surface area contributed by atoms with E-state index in [4.69, 9.17) is 32.9 Å². The summed E-state index contributed by atoms with van der Waals surface area (Å²) in [5, 5.41) is 11.4. The van der Waals surface area contributed by atoms with Crippen molar-refractivity contribution in [1.82, 2.24) is 14.7 Å². The molecule has 0 aromatic heterocycles. The largest absolute Gasteiger partial charge is 0.508 e. The summed E-state index contributed by atoms with van der Waals surface area (Å²) in [6, 6.07) is 18.1. The van der Waals surface area contributed by atoms with Gasteiger partial charge < -0.3 is 19.6 Å². The van der Waals surface area contributed by atoms with Crippen LogP contribution in [0.25, 0.3) is 0 Å². The van der Waals surface area contributed by atoms with Crippen molar-refractivity contribution in [3.8, 4) is 11.5 Å². The lowest BCUT2D eigenvalue weighted by Crippen LogP contribution is -2.55. The van der Waals surface area contributed by atoms with Crippen molar-refractivity contribution in [2.24, 2.45) is 4.99 Å². The zero-order valence-electron chi connectivity index (χ0n) is 24.4. The van der Waals surface area contributed by atoms with Crippen LogP contribution < -0.4 is 4.74 Å². The summed E-state index contributed by atoms with van der Waals surface area (Å²) in [7, 11) is 1.73. The number of amidine groups is 1. The standard InChI is InChI=1S/C30H30Cl2N4O4.C2H6/c1-18(2)40-25-16-23(37)12-13-24(25)29-33-27(19-4-8-21(31)9-5-19)28(20-6-10-22(32)11-7-20)36(29)30(39)35-15-14-34(3)26(38)17-35;1-2/h4-13,16,18,27-28,37H,14-15,17H2,1-3H3;1-2H3/t27-,28+;/m0./s1. The molecule has 3 aromatic rings. The molecule has 3 aromatic carbocycles. The number of urea groups is 1. The number of amides is 3. The molecule has 42 heavy (non-hydrogen) atoms. The highest BCUT2D eigenvalue weighted by Crippen LogP contribution is 2.45. The van der Waals surface area contributed by atoms with Gasteiger partial charge in [-0.3, -0.25) is 14.7 Å². The summed E-state index contributed by atoms with van der Waals surface area (Å²) >= 11 is 12.4. The van der Waals surface area contributed by atoms with Crippen molar-refractivity contribution < 1.29 is 19.4 Å². The molecule has 2 atom stereocenters. The lowest BCUT2D eigenvalue weighted by molar-refractivity contribution is -0.133. The average Bonchev–Trinajstić information content (AvgIpc) is 3.36. The molecule has 1 saturated heterocycles. The zero-order valence-corrected chi connectivity index (χ0v) is 25.9. The molecule has 222 valence electrons. The Balaban J connectivity index is 0.00000198. The van der Waals surface area contributed by atoms with Crippen LogP contribution in [0.1, 0.15) is 56.5 Å². The summed E-state index contributed by atoms with van der Waals surface area (Å²) < 4.78 is 6.07. The van der Waals surface area contributed by atoms with E-state index in [9.17, 15) is 14.7 Å². The highest BCUT2D eigenvalue weighted by Gasteiger charge is 2.45. The number of piperazine rings is 1. The van der Waals surface area contributed by atoms with Gasteiger partial charge in [0.05, 0.1) is 17.7 Å². The van der Waals surface area contributed by atoms with E-state index < -0.39 is 12.1 Å². The van der Waals surface area contributed by atoms with Gasteiger partial charge in [0.1, 0.15) is 29.9 Å². The number of aromatic hydroxyl groups is 1. The first-order valence-corrected chi connectivity index (χ1v) is 14.8. The number of hydrogen-bond acceptors (Lipinski definition) is 5. The summed E-state index contributed by atoms with van der Waals surface area (Å²) in [5.41, 5.74) is 2.23. The fraction of sp³-hybridized carbons (Fsp3) is 0.344. The number of rotatable bonds is 5. The van der Waals surface area contributed by atoms with Crippen LogP contribution in [-0.2, 0) is 4.79 Å². The molecule has 2 aliphatic heterocycles. The smallest absolute Gasteiger partial charge is 0.326 e. The molecule has 10 heteroatoms. The van der Waals surface area contributed by atoms with Gasteiger partial charge >= 0.3 is 6.03 Å². The number of hydrogen-bond donors (Lipinski definition) is 1. The van der Waals surface area contributed by atoms with Gasteiger partial charge in [0.15, 0.2) is 0 Å². The predicted molar refractivity (Wildman–Crippen MR) is 167 cm³/mol. The molecular formula is C32H36Cl2N4O4. The number of carbonyl (C=O) groups is 2. The minimum absolute atomic E-state index is 0.0315. The van der Waals surface area contributed by atoms with E-state index in [-0.39, 0.29) is 30.3 Å². The van der Waals surface area contributed by atoms with Crippen molar-refractivity contribution in [2.45, 2.75) is 45.9 Å². The van der Waals surface area contributed by atoms with E-state index in [0.29, 0.717) is 40.3 Å². The Hall–Kier alpha value is -3.75. The maximum atomic E-state index is 14.4. The van der Waals surface area contributed by atoms with Gasteiger partial charge in [0, 0.05) is 36.2 Å². The molecular weight excluding hydrogens is 575 g/mol. The molecule has 8 nitrogen and oxygen atoms in total. The maximum Gasteiger partial charge on any atom is 0.326 e. The van der Waals surface area contributed by atoms with Crippen molar-refractivity contribution in [3.63, 3.8) is 0 Å². The molecule has 3 amide bonds. The Labute approximate surface area is 257 Å². The molecule has 5 rings (SSSR count). The van der Waals surface area contributed by atoms with E-state index in [2.05, 4.69) is 0 Å². The van der Waals surface area contributed by atoms with E-state index >= 15 is 0 Å². The first-order chi connectivity index (χ1) is 20.1. The highest BCUT2D eigenvalue weighted by atomic mass is 35.5. The van der Waals surface area contributed by atoms with Crippen LogP contribution in [0.3, 0.4) is 0 Å². The van der Waals surface area contributed by atoms with Gasteiger partial charge in [-0.1, -0.05) is 61.3 Å². The van der Waals surface area contributed by atoms with E-state index in [1.807, 2.05) is 52.0 Å². The number of aliphatic imine (C=N–C) groups is 1. The Morgan fingerprint density at radius 1 is 0.952 bits per heavy atom. The molecule has 0 radical (unpaired) electrons. The molecule has 1 N–H and O–H groups in total. The van der Waals surface area contributed by atoms with E-state index in [1.165, 1.54) is 6.07 Å². The maximum absolute atomic E-state index is 14.4. The quantitative estimate of drug-likeness (QED) is 0.338. The zero-order chi connectivity index (χ0) is 30.6. The lowest BCUT2D eigenvalue weighted by atomic mass is 9.93. The van der Waals surface area contributed by atoms with Crippen molar-refractivity contribution in [2.75, 3.05) is 26.7 Å². The lowest BCUT2D eigenvalue weighted by Gasteiger charge is -2.37. The SMILES string of the molecule is CC.CC(C)Oc1cc(O)ccc1C1=N[C@@H](c2ccc(Cl)cc2)[C@@H](c2ccc(Cl)cc2)N1C(=O)N1CCN(C)C(=O)C1. The molecule has 1 fully saturated rings. The van der Waals surface area contributed by atoms with Gasteiger partial charge in [-0.15, -0.1) is 0 Å². The molecule has 0 aliphatic carbocycles. The molecule has 0 bridgehead atoms. The number of nitrogens with zero attached hydrogens (tertiary/aromatic N) is 4. The van der Waals surface area contributed by atoms with Gasteiger partial charge in [0.2, 0.25) is 5.91 Å². The fourth-order valence-electron chi connectivity index (χ4n) is 4.98. The van der Waals surface area contributed by atoms with Crippen molar-refractivity contribution in [1.29, 1.82) is 0 Å². The second kappa shape index (κ2) is 13.5. The summed E-state index contributed by atoms with van der Waals surface area (Å²) in [6.07, 6.45) is -0.193. The second-order valence-corrected chi connectivity index (χ2v) is 11.1. The predicted octanol–water partition coefficient (Wildman–Crippen LogP) is 6.95. The van der Waals surface area contributed by atoms with Gasteiger partial charge in [-0.05, 0) is 61.4 Å². The first-order valence-electron chi connectivity index (χ1n) is 14.0. The number of phenolic OH excluding ortho intramolecular Hbond substituents is 1. The van der Waals surface area contributed by atoms with Crippen LogP contribution in [-0.4, -0.2) is 70.4 Å². The minimum atomic E-state index is -0.559. The number of carbonyl (C=O) groups excluding carboxylic acids is 2. The normalized spacial score (nSPS) is 18.5. The minimum Gasteiger partial charge on any atom is -0.508 e. The Morgan fingerprint density at radius 3 is 2.12 bits per heavy atom. The summed E-state index contributed by atoms with van der Waals surface area (Å²) in [6.45, 7) is 8.54. The van der Waals surface area contributed by atoms with Crippen LogP contribution in [0.5, 0.6) is 11.5 Å². The second-order valence-electron chi connectivity index (χ2n) is 10.2. The number of ether oxygens (including phenoxy) is 1. The average molecular weight is 612 g/mol. The van der Waals surface area contributed by atoms with Crippen molar-refractivity contribution in [3.05, 3.63) is 93.5 Å². The third kappa shape index (κ3) is 6.66. The topological polar surface area (TPSA) is 85.7 Å². The van der Waals surface area contributed by atoms with Crippen molar-refractivity contribution >= 4 is 41.0 Å². The highest BCUT2D eigenvalue weighted by molar-refractivity contribution is 6.30. The van der Waals surface area contributed by atoms with Crippen LogP contribution in [0, 0.1) is 0 Å². The van der Waals surface area contributed by atoms with Gasteiger partial charge in [0.25, 0.3) is 0 Å². The Bertz CT molecular complexity index is 1440. The monoisotopic (exact) mass is 610 g/mol. The number of phenols is 1. The summed E-state index contributed by atoms with van der Waals surface area (Å²) in [4.78, 5) is 36.9. The van der Waals surface area contributed by atoms with Crippen LogP contribution in [0.4, 0.5) is 4.79 Å². The summed E-state index contributed by atoms with van der Waals surface area (Å²) in [5.74, 6) is 0.673. The third-order valence-electron chi connectivity index (χ3n) is 6.99. The van der Waals surface area contributed by atoms with Gasteiger partial charge in [-0.2, -0.15) is 0 Å². The number of likely N-dealkylation sites (N-methyl/N-ethyl adjacent to an activating group) is 1. The Morgan fingerprint density at radius 2 is 1.55 bits per heavy atom. The third-order valence-corrected chi connectivity index (χ3v) is 7.50. The fourth-order valence-corrected chi connectivity index (χ4v) is 5.23. The molecule has 0 unspecified atom stereocenters. The first kappa shape index (κ1) is 31.2. The van der Waals surface area contributed by atoms with Gasteiger partial charge in [-0.25, -0.2) is 4.79 Å². The molecule has 2 heterocycles.